The first-order valence-electron chi connectivity index (χ1n) is 6.65. The SMILES string of the molecule is CCC(C(C)C)C(C)C(C)CCC(C)N. The molecule has 0 fully saturated rings. The van der Waals surface area contributed by atoms with Gasteiger partial charge in [-0.05, 0) is 43.4 Å². The maximum atomic E-state index is 5.81. The topological polar surface area (TPSA) is 26.0 Å². The van der Waals surface area contributed by atoms with Crippen molar-refractivity contribution in [3.8, 4) is 0 Å². The molecule has 0 rings (SSSR count). The minimum Gasteiger partial charge on any atom is -0.328 e. The van der Waals surface area contributed by atoms with Crippen molar-refractivity contribution in [2.75, 3.05) is 0 Å². The van der Waals surface area contributed by atoms with E-state index in [2.05, 4.69) is 41.5 Å². The summed E-state index contributed by atoms with van der Waals surface area (Å²) >= 11 is 0. The van der Waals surface area contributed by atoms with E-state index in [1.165, 1.54) is 19.3 Å². The van der Waals surface area contributed by atoms with Crippen molar-refractivity contribution in [1.82, 2.24) is 0 Å². The van der Waals surface area contributed by atoms with Crippen molar-refractivity contribution in [3.05, 3.63) is 0 Å². The summed E-state index contributed by atoms with van der Waals surface area (Å²) in [7, 11) is 0. The zero-order chi connectivity index (χ0) is 12.0. The number of nitrogens with two attached hydrogens (primary N) is 1. The average molecular weight is 213 g/mol. The zero-order valence-corrected chi connectivity index (χ0v) is 11.6. The maximum absolute atomic E-state index is 5.81. The molecule has 0 saturated carbocycles. The fraction of sp³-hybridized carbons (Fsp3) is 1.00. The van der Waals surface area contributed by atoms with Gasteiger partial charge in [0.2, 0.25) is 0 Å². The minimum absolute atomic E-state index is 0.360. The lowest BCUT2D eigenvalue weighted by Crippen LogP contribution is -2.24. The Hall–Kier alpha value is -0.0400. The third-order valence-electron chi connectivity index (χ3n) is 3.98. The summed E-state index contributed by atoms with van der Waals surface area (Å²) in [4.78, 5) is 0. The van der Waals surface area contributed by atoms with E-state index >= 15 is 0 Å². The Morgan fingerprint density at radius 2 is 1.47 bits per heavy atom. The normalized spacial score (nSPS) is 20.0. The van der Waals surface area contributed by atoms with Crippen LogP contribution in [0, 0.1) is 23.7 Å². The molecular formula is C14H31N. The molecule has 0 aromatic heterocycles. The summed E-state index contributed by atoms with van der Waals surface area (Å²) < 4.78 is 0. The molecule has 92 valence electrons. The van der Waals surface area contributed by atoms with Crippen molar-refractivity contribution in [3.63, 3.8) is 0 Å². The second-order valence-corrected chi connectivity index (χ2v) is 5.71. The Kier molecular flexibility index (Phi) is 7.25. The zero-order valence-electron chi connectivity index (χ0n) is 11.6. The van der Waals surface area contributed by atoms with Crippen LogP contribution in [-0.4, -0.2) is 6.04 Å². The lowest BCUT2D eigenvalue weighted by atomic mass is 9.75. The summed E-state index contributed by atoms with van der Waals surface area (Å²) in [6.45, 7) is 13.9. The molecule has 0 aromatic carbocycles. The van der Waals surface area contributed by atoms with Crippen molar-refractivity contribution >= 4 is 0 Å². The molecule has 0 aromatic rings. The first kappa shape index (κ1) is 15.0. The molecule has 15 heavy (non-hydrogen) atoms. The lowest BCUT2D eigenvalue weighted by molar-refractivity contribution is 0.188. The molecule has 4 unspecified atom stereocenters. The van der Waals surface area contributed by atoms with E-state index in [0.717, 1.165) is 23.7 Å². The highest BCUT2D eigenvalue weighted by atomic mass is 14.6. The molecule has 1 heteroatoms. The highest BCUT2D eigenvalue weighted by Gasteiger charge is 2.23. The third-order valence-corrected chi connectivity index (χ3v) is 3.98. The number of rotatable bonds is 7. The Morgan fingerprint density at radius 3 is 1.80 bits per heavy atom. The smallest absolute Gasteiger partial charge is 0.00105 e. The molecule has 0 aliphatic heterocycles. The molecule has 0 amide bonds. The Labute approximate surface area is 96.8 Å². The monoisotopic (exact) mass is 213 g/mol. The van der Waals surface area contributed by atoms with Gasteiger partial charge in [-0.25, -0.2) is 0 Å². The average Bonchev–Trinajstić information content (AvgIpc) is 2.14. The predicted octanol–water partition coefficient (Wildman–Crippen LogP) is 4.07. The molecule has 0 saturated heterocycles. The van der Waals surface area contributed by atoms with Crippen LogP contribution in [0.4, 0.5) is 0 Å². The van der Waals surface area contributed by atoms with Gasteiger partial charge in [-0.1, -0.05) is 41.0 Å². The highest BCUT2D eigenvalue weighted by molar-refractivity contribution is 4.73. The molecular weight excluding hydrogens is 182 g/mol. The largest absolute Gasteiger partial charge is 0.328 e. The molecule has 0 heterocycles. The summed E-state index contributed by atoms with van der Waals surface area (Å²) in [5.41, 5.74) is 5.81. The van der Waals surface area contributed by atoms with Crippen LogP contribution >= 0.6 is 0 Å². The summed E-state index contributed by atoms with van der Waals surface area (Å²) in [5, 5.41) is 0. The first-order valence-corrected chi connectivity index (χ1v) is 6.65. The van der Waals surface area contributed by atoms with Crippen LogP contribution in [0.5, 0.6) is 0 Å². The van der Waals surface area contributed by atoms with Crippen LogP contribution in [0.2, 0.25) is 0 Å². The Morgan fingerprint density at radius 1 is 0.933 bits per heavy atom. The minimum atomic E-state index is 0.360. The summed E-state index contributed by atoms with van der Waals surface area (Å²) in [6.07, 6.45) is 3.75. The summed E-state index contributed by atoms with van der Waals surface area (Å²) in [6, 6.07) is 0.360. The molecule has 0 radical (unpaired) electrons. The number of hydrogen-bond acceptors (Lipinski definition) is 1. The lowest BCUT2D eigenvalue weighted by Gasteiger charge is -2.31. The first-order chi connectivity index (χ1) is 6.90. The van der Waals surface area contributed by atoms with Gasteiger partial charge in [-0.2, -0.15) is 0 Å². The van der Waals surface area contributed by atoms with E-state index in [1.807, 2.05) is 0 Å². The Bertz CT molecular complexity index is 151. The fourth-order valence-corrected chi connectivity index (χ4v) is 2.66. The van der Waals surface area contributed by atoms with Crippen LogP contribution in [0.25, 0.3) is 0 Å². The van der Waals surface area contributed by atoms with E-state index in [9.17, 15) is 0 Å². The van der Waals surface area contributed by atoms with Crippen molar-refractivity contribution in [2.24, 2.45) is 29.4 Å². The van der Waals surface area contributed by atoms with E-state index < -0.39 is 0 Å². The second-order valence-electron chi connectivity index (χ2n) is 5.71. The van der Waals surface area contributed by atoms with Gasteiger partial charge in [0.25, 0.3) is 0 Å². The third kappa shape index (κ3) is 5.55. The molecule has 2 N–H and O–H groups in total. The van der Waals surface area contributed by atoms with Gasteiger partial charge in [0.05, 0.1) is 0 Å². The molecule has 1 nitrogen and oxygen atoms in total. The molecule has 4 atom stereocenters. The molecule has 0 aliphatic carbocycles. The molecule has 0 bridgehead atoms. The van der Waals surface area contributed by atoms with Gasteiger partial charge in [0.15, 0.2) is 0 Å². The van der Waals surface area contributed by atoms with E-state index in [4.69, 9.17) is 5.73 Å². The van der Waals surface area contributed by atoms with Gasteiger partial charge < -0.3 is 5.73 Å². The van der Waals surface area contributed by atoms with Crippen molar-refractivity contribution in [2.45, 2.75) is 66.8 Å². The van der Waals surface area contributed by atoms with Gasteiger partial charge in [-0.15, -0.1) is 0 Å². The van der Waals surface area contributed by atoms with E-state index in [-0.39, 0.29) is 0 Å². The van der Waals surface area contributed by atoms with Crippen LogP contribution in [0.15, 0.2) is 0 Å². The van der Waals surface area contributed by atoms with Crippen LogP contribution in [-0.2, 0) is 0 Å². The summed E-state index contributed by atoms with van der Waals surface area (Å²) in [5.74, 6) is 3.31. The van der Waals surface area contributed by atoms with Gasteiger partial charge in [0.1, 0.15) is 0 Å². The standard InChI is InChI=1S/C14H31N/c1-7-14(10(2)3)13(6)11(4)8-9-12(5)15/h10-14H,7-9,15H2,1-6H3. The predicted molar refractivity (Wildman–Crippen MR) is 69.8 cm³/mol. The fourth-order valence-electron chi connectivity index (χ4n) is 2.66. The second kappa shape index (κ2) is 7.27. The van der Waals surface area contributed by atoms with Gasteiger partial charge >= 0.3 is 0 Å². The van der Waals surface area contributed by atoms with Crippen molar-refractivity contribution < 1.29 is 0 Å². The number of hydrogen-bond donors (Lipinski definition) is 1. The van der Waals surface area contributed by atoms with Crippen LogP contribution in [0.1, 0.15) is 60.8 Å². The van der Waals surface area contributed by atoms with Crippen molar-refractivity contribution in [1.29, 1.82) is 0 Å². The van der Waals surface area contributed by atoms with Gasteiger partial charge in [0, 0.05) is 6.04 Å². The Balaban J connectivity index is 4.10. The van der Waals surface area contributed by atoms with E-state index in [0.29, 0.717) is 6.04 Å². The quantitative estimate of drug-likeness (QED) is 0.678. The maximum Gasteiger partial charge on any atom is 0.00105 e. The van der Waals surface area contributed by atoms with Crippen LogP contribution < -0.4 is 5.73 Å². The van der Waals surface area contributed by atoms with Gasteiger partial charge in [-0.3, -0.25) is 0 Å². The van der Waals surface area contributed by atoms with E-state index in [1.54, 1.807) is 0 Å². The molecule has 0 aliphatic rings. The van der Waals surface area contributed by atoms with Crippen LogP contribution in [0.3, 0.4) is 0 Å². The highest BCUT2D eigenvalue weighted by Crippen LogP contribution is 2.31. The molecule has 0 spiro atoms.